The lowest BCUT2D eigenvalue weighted by atomic mass is 10.1. The summed E-state index contributed by atoms with van der Waals surface area (Å²) >= 11 is 11.9. The Morgan fingerprint density at radius 3 is 2.67 bits per heavy atom. The molecule has 0 aliphatic carbocycles. The Kier molecular flexibility index (Phi) is 3.45. The third-order valence-corrected chi connectivity index (χ3v) is 3.68. The van der Waals surface area contributed by atoms with Gasteiger partial charge < -0.3 is 11.1 Å². The summed E-state index contributed by atoms with van der Waals surface area (Å²) in [6, 6.07) is 8.46. The number of nitrogens with one attached hydrogen (secondary N) is 2. The van der Waals surface area contributed by atoms with Gasteiger partial charge in [-0.2, -0.15) is 5.10 Å². The van der Waals surface area contributed by atoms with Gasteiger partial charge in [0, 0.05) is 11.1 Å². The summed E-state index contributed by atoms with van der Waals surface area (Å²) in [5.74, 6) is -0.290. The third-order valence-electron chi connectivity index (χ3n) is 3.06. The monoisotopic (exact) mass is 320 g/mol. The van der Waals surface area contributed by atoms with E-state index in [1.807, 2.05) is 6.07 Å². The van der Waals surface area contributed by atoms with Crippen molar-refractivity contribution in [1.82, 2.24) is 10.2 Å². The van der Waals surface area contributed by atoms with Crippen molar-refractivity contribution in [3.05, 3.63) is 52.1 Å². The minimum Gasteiger partial charge on any atom is -0.396 e. The molecule has 0 unspecified atom stereocenters. The van der Waals surface area contributed by atoms with Crippen molar-refractivity contribution in [1.29, 1.82) is 0 Å². The van der Waals surface area contributed by atoms with Gasteiger partial charge in [-0.1, -0.05) is 35.3 Å². The van der Waals surface area contributed by atoms with Gasteiger partial charge in [0.05, 0.1) is 33.0 Å². The van der Waals surface area contributed by atoms with E-state index in [1.165, 1.54) is 0 Å². The standard InChI is InChI=1S/C14H10Cl2N4O/c15-10-4-8(5-11(16)12(10)17)19-14(21)9-3-1-2-7-6-18-20-13(7)9/h1-6H,17H2,(H,18,20)(H,19,21). The minimum atomic E-state index is -0.290. The van der Waals surface area contributed by atoms with Crippen LogP contribution in [-0.2, 0) is 0 Å². The van der Waals surface area contributed by atoms with E-state index < -0.39 is 0 Å². The molecule has 0 saturated heterocycles. The van der Waals surface area contributed by atoms with E-state index in [4.69, 9.17) is 28.9 Å². The van der Waals surface area contributed by atoms with Crippen molar-refractivity contribution in [3.63, 3.8) is 0 Å². The van der Waals surface area contributed by atoms with E-state index >= 15 is 0 Å². The summed E-state index contributed by atoms with van der Waals surface area (Å²) in [5.41, 5.74) is 7.57. The molecule has 4 N–H and O–H groups in total. The van der Waals surface area contributed by atoms with Crippen molar-refractivity contribution in [2.24, 2.45) is 0 Å². The second-order valence-electron chi connectivity index (χ2n) is 4.45. The first kappa shape index (κ1) is 13.7. The van der Waals surface area contributed by atoms with Crippen LogP contribution in [0.4, 0.5) is 11.4 Å². The predicted octanol–water partition coefficient (Wildman–Crippen LogP) is 3.70. The largest absolute Gasteiger partial charge is 0.396 e. The van der Waals surface area contributed by atoms with E-state index in [-0.39, 0.29) is 21.6 Å². The molecule has 3 aromatic rings. The molecule has 1 aromatic heterocycles. The van der Waals surface area contributed by atoms with Crippen molar-refractivity contribution >= 4 is 51.4 Å². The Bertz CT molecular complexity index is 821. The lowest BCUT2D eigenvalue weighted by Crippen LogP contribution is -2.12. The Balaban J connectivity index is 1.95. The summed E-state index contributed by atoms with van der Waals surface area (Å²) in [5, 5.41) is 10.9. The number of carbonyl (C=O) groups excluding carboxylic acids is 1. The number of halogens is 2. The maximum Gasteiger partial charge on any atom is 0.257 e. The maximum atomic E-state index is 12.4. The van der Waals surface area contributed by atoms with Crippen LogP contribution in [0.3, 0.4) is 0 Å². The lowest BCUT2D eigenvalue weighted by Gasteiger charge is -2.09. The minimum absolute atomic E-state index is 0.284. The van der Waals surface area contributed by atoms with E-state index in [0.717, 1.165) is 5.39 Å². The molecule has 0 saturated carbocycles. The SMILES string of the molecule is Nc1c(Cl)cc(NC(=O)c2cccc3cn[nH]c23)cc1Cl. The summed E-state index contributed by atoms with van der Waals surface area (Å²) in [6.07, 6.45) is 1.66. The van der Waals surface area contributed by atoms with Gasteiger partial charge in [-0.25, -0.2) is 0 Å². The number of carbonyl (C=O) groups is 1. The van der Waals surface area contributed by atoms with Gasteiger partial charge in [0.2, 0.25) is 0 Å². The zero-order valence-electron chi connectivity index (χ0n) is 10.7. The molecule has 1 heterocycles. The van der Waals surface area contributed by atoms with E-state index in [9.17, 15) is 4.79 Å². The normalized spacial score (nSPS) is 10.8. The molecule has 3 rings (SSSR count). The Morgan fingerprint density at radius 1 is 1.24 bits per heavy atom. The number of anilines is 2. The van der Waals surface area contributed by atoms with Crippen LogP contribution in [0.1, 0.15) is 10.4 Å². The van der Waals surface area contributed by atoms with E-state index in [2.05, 4.69) is 15.5 Å². The fourth-order valence-corrected chi connectivity index (χ4v) is 2.50. The second-order valence-corrected chi connectivity index (χ2v) is 5.26. The number of hydrogen-bond acceptors (Lipinski definition) is 3. The molecule has 0 aliphatic heterocycles. The number of nitrogen functional groups attached to an aromatic ring is 1. The van der Waals surface area contributed by atoms with Gasteiger partial charge >= 0.3 is 0 Å². The lowest BCUT2D eigenvalue weighted by molar-refractivity contribution is 0.102. The number of hydrogen-bond donors (Lipinski definition) is 3. The molecule has 0 spiro atoms. The molecule has 0 fully saturated rings. The number of amides is 1. The topological polar surface area (TPSA) is 83.8 Å². The molecule has 1 amide bonds. The van der Waals surface area contributed by atoms with Crippen molar-refractivity contribution in [2.45, 2.75) is 0 Å². The number of rotatable bonds is 2. The van der Waals surface area contributed by atoms with E-state index in [1.54, 1.807) is 30.5 Å². The van der Waals surface area contributed by atoms with Crippen LogP contribution in [-0.4, -0.2) is 16.1 Å². The number of benzene rings is 2. The first-order chi connectivity index (χ1) is 10.1. The number of fused-ring (bicyclic) bond motifs is 1. The number of nitrogens with zero attached hydrogens (tertiary/aromatic N) is 1. The summed E-state index contributed by atoms with van der Waals surface area (Å²) in [6.45, 7) is 0. The molecule has 0 radical (unpaired) electrons. The van der Waals surface area contributed by atoms with Gasteiger partial charge in [0.1, 0.15) is 0 Å². The highest BCUT2D eigenvalue weighted by Gasteiger charge is 2.13. The fraction of sp³-hybridized carbons (Fsp3) is 0. The fourth-order valence-electron chi connectivity index (χ4n) is 2.01. The Morgan fingerprint density at radius 2 is 1.95 bits per heavy atom. The molecule has 0 aliphatic rings. The smallest absolute Gasteiger partial charge is 0.257 e. The number of nitrogens with two attached hydrogens (primary N) is 1. The Labute approximate surface area is 130 Å². The number of para-hydroxylation sites is 1. The van der Waals surface area contributed by atoms with Crippen LogP contribution >= 0.6 is 23.2 Å². The summed E-state index contributed by atoms with van der Waals surface area (Å²) < 4.78 is 0. The molecule has 7 heteroatoms. The quantitative estimate of drug-likeness (QED) is 0.629. The van der Waals surface area contributed by atoms with Crippen molar-refractivity contribution in [3.8, 4) is 0 Å². The molecular formula is C14H10Cl2N4O. The molecule has 0 bridgehead atoms. The van der Waals surface area contributed by atoms with Gasteiger partial charge in [0.25, 0.3) is 5.91 Å². The number of H-pyrrole nitrogens is 1. The molecule has 21 heavy (non-hydrogen) atoms. The van der Waals surface area contributed by atoms with Crippen LogP contribution in [0, 0.1) is 0 Å². The van der Waals surface area contributed by atoms with Crippen LogP contribution in [0.15, 0.2) is 36.5 Å². The zero-order chi connectivity index (χ0) is 15.0. The predicted molar refractivity (Wildman–Crippen MR) is 84.9 cm³/mol. The second kappa shape index (κ2) is 5.27. The zero-order valence-corrected chi connectivity index (χ0v) is 12.2. The third kappa shape index (κ3) is 2.53. The first-order valence-electron chi connectivity index (χ1n) is 6.04. The average molecular weight is 321 g/mol. The molecule has 0 atom stereocenters. The number of aromatic amines is 1. The van der Waals surface area contributed by atoms with Crippen LogP contribution in [0.5, 0.6) is 0 Å². The summed E-state index contributed by atoms with van der Waals surface area (Å²) in [4.78, 5) is 12.4. The maximum absolute atomic E-state index is 12.4. The number of aromatic nitrogens is 2. The van der Waals surface area contributed by atoms with Gasteiger partial charge in [0.15, 0.2) is 0 Å². The van der Waals surface area contributed by atoms with Crippen LogP contribution in [0.2, 0.25) is 10.0 Å². The van der Waals surface area contributed by atoms with E-state index in [0.29, 0.717) is 16.8 Å². The van der Waals surface area contributed by atoms with Gasteiger partial charge in [-0.15, -0.1) is 0 Å². The molecule has 106 valence electrons. The van der Waals surface area contributed by atoms with Crippen molar-refractivity contribution in [2.75, 3.05) is 11.1 Å². The Hall–Kier alpha value is -2.24. The van der Waals surface area contributed by atoms with Crippen LogP contribution in [0.25, 0.3) is 10.9 Å². The molecule has 5 nitrogen and oxygen atoms in total. The first-order valence-corrected chi connectivity index (χ1v) is 6.80. The summed E-state index contributed by atoms with van der Waals surface area (Å²) in [7, 11) is 0. The highest BCUT2D eigenvalue weighted by atomic mass is 35.5. The van der Waals surface area contributed by atoms with Gasteiger partial charge in [-0.05, 0) is 18.2 Å². The van der Waals surface area contributed by atoms with Crippen LogP contribution < -0.4 is 11.1 Å². The van der Waals surface area contributed by atoms with Gasteiger partial charge in [-0.3, -0.25) is 9.89 Å². The molecule has 2 aromatic carbocycles. The molecular weight excluding hydrogens is 311 g/mol. The highest BCUT2D eigenvalue weighted by Crippen LogP contribution is 2.31. The highest BCUT2D eigenvalue weighted by molar-refractivity contribution is 6.39. The van der Waals surface area contributed by atoms with Crippen molar-refractivity contribution < 1.29 is 4.79 Å². The average Bonchev–Trinajstić information content (AvgIpc) is 2.92.